The van der Waals surface area contributed by atoms with Gasteiger partial charge in [-0.05, 0) is 31.7 Å². The van der Waals surface area contributed by atoms with Gasteiger partial charge in [0.15, 0.2) is 0 Å². The van der Waals surface area contributed by atoms with Crippen LogP contribution in [0.3, 0.4) is 0 Å². The molecule has 5 atom stereocenters. The molecule has 5 unspecified atom stereocenters. The van der Waals surface area contributed by atoms with Gasteiger partial charge >= 0.3 is 5.97 Å². The van der Waals surface area contributed by atoms with Gasteiger partial charge in [0.2, 0.25) is 23.6 Å². The van der Waals surface area contributed by atoms with Crippen LogP contribution in [-0.4, -0.2) is 71.2 Å². The Bertz CT molecular complexity index is 670. The Morgan fingerprint density at radius 1 is 1.13 bits per heavy atom. The van der Waals surface area contributed by atoms with Gasteiger partial charge in [-0.1, -0.05) is 20.3 Å². The molecule has 1 aliphatic rings. The van der Waals surface area contributed by atoms with Crippen LogP contribution in [0.15, 0.2) is 0 Å². The van der Waals surface area contributed by atoms with Crippen LogP contribution in [-0.2, 0) is 24.0 Å². The summed E-state index contributed by atoms with van der Waals surface area (Å²) in [6.07, 6.45) is 1.82. The molecule has 0 radical (unpaired) electrons. The fourth-order valence-corrected chi connectivity index (χ4v) is 3.39. The number of aliphatic carboxylic acids is 1. The molecule has 0 aromatic rings. The predicted molar refractivity (Wildman–Crippen MR) is 116 cm³/mol. The standard InChI is InChI=1S/C19H33N5O6S/c1-3-10(2)15(24-16(26)11-5-4-8-21-11)18(28)22-12(6-7-14(20)25)17(27)23-13(9-31)19(29)30/h10-13,15,21,31H,3-9H2,1-2H3,(H2,20,25)(H,22,28)(H,23,27)(H,24,26)(H,29,30). The van der Waals surface area contributed by atoms with Crippen LogP contribution < -0.4 is 27.0 Å². The maximum absolute atomic E-state index is 13.0. The lowest BCUT2D eigenvalue weighted by Gasteiger charge is -2.27. The molecule has 0 aromatic heterocycles. The van der Waals surface area contributed by atoms with Gasteiger partial charge in [-0.25, -0.2) is 4.79 Å². The Balaban J connectivity index is 2.93. The molecule has 0 aliphatic carbocycles. The number of carboxylic acids is 1. The Morgan fingerprint density at radius 2 is 1.77 bits per heavy atom. The molecule has 1 heterocycles. The number of rotatable bonds is 13. The first-order chi connectivity index (χ1) is 14.6. The van der Waals surface area contributed by atoms with E-state index in [-0.39, 0.29) is 36.5 Å². The highest BCUT2D eigenvalue weighted by atomic mass is 32.1. The normalized spacial score (nSPS) is 19.5. The van der Waals surface area contributed by atoms with E-state index in [1.54, 1.807) is 6.92 Å². The Kier molecular flexibility index (Phi) is 11.3. The molecule has 1 saturated heterocycles. The van der Waals surface area contributed by atoms with Crippen molar-refractivity contribution in [2.75, 3.05) is 12.3 Å². The lowest BCUT2D eigenvalue weighted by molar-refractivity contribution is -0.141. The van der Waals surface area contributed by atoms with Gasteiger partial charge in [0.25, 0.3) is 0 Å². The van der Waals surface area contributed by atoms with Crippen molar-refractivity contribution in [2.24, 2.45) is 11.7 Å². The zero-order valence-electron chi connectivity index (χ0n) is 17.8. The van der Waals surface area contributed by atoms with E-state index in [9.17, 15) is 24.0 Å². The average Bonchev–Trinajstić information content (AvgIpc) is 3.26. The summed E-state index contributed by atoms with van der Waals surface area (Å²) in [5, 5.41) is 19.8. The number of nitrogens with two attached hydrogens (primary N) is 1. The molecule has 0 saturated carbocycles. The SMILES string of the molecule is CCC(C)C(NC(=O)C1CCCN1)C(=O)NC(CCC(N)=O)C(=O)NC(CS)C(=O)O. The smallest absolute Gasteiger partial charge is 0.327 e. The van der Waals surface area contributed by atoms with Crippen LogP contribution in [0.5, 0.6) is 0 Å². The summed E-state index contributed by atoms with van der Waals surface area (Å²) >= 11 is 3.89. The molecule has 1 aliphatic heterocycles. The molecule has 7 N–H and O–H groups in total. The summed E-state index contributed by atoms with van der Waals surface area (Å²) in [5.41, 5.74) is 5.16. The Labute approximate surface area is 187 Å². The van der Waals surface area contributed by atoms with Crippen molar-refractivity contribution in [3.8, 4) is 0 Å². The van der Waals surface area contributed by atoms with E-state index in [2.05, 4.69) is 33.9 Å². The number of hydrogen-bond donors (Lipinski definition) is 7. The maximum Gasteiger partial charge on any atom is 0.327 e. The molecule has 0 bridgehead atoms. The van der Waals surface area contributed by atoms with E-state index < -0.39 is 41.8 Å². The number of nitrogens with one attached hydrogen (secondary N) is 4. The minimum atomic E-state index is -1.28. The minimum absolute atomic E-state index is 0.114. The lowest BCUT2D eigenvalue weighted by atomic mass is 9.97. The number of carboxylic acid groups (broad SMARTS) is 1. The van der Waals surface area contributed by atoms with Crippen molar-refractivity contribution in [3.63, 3.8) is 0 Å². The highest BCUT2D eigenvalue weighted by Gasteiger charge is 2.33. The first kappa shape index (κ1) is 26.7. The molecule has 0 aromatic carbocycles. The zero-order chi connectivity index (χ0) is 23.6. The maximum atomic E-state index is 13.0. The first-order valence-electron chi connectivity index (χ1n) is 10.4. The van der Waals surface area contributed by atoms with Crippen LogP contribution in [0.1, 0.15) is 46.0 Å². The highest BCUT2D eigenvalue weighted by Crippen LogP contribution is 2.12. The minimum Gasteiger partial charge on any atom is -0.480 e. The van der Waals surface area contributed by atoms with Gasteiger partial charge in [0.05, 0.1) is 6.04 Å². The average molecular weight is 460 g/mol. The summed E-state index contributed by atoms with van der Waals surface area (Å²) in [6.45, 7) is 4.39. The summed E-state index contributed by atoms with van der Waals surface area (Å²) < 4.78 is 0. The van der Waals surface area contributed by atoms with Crippen LogP contribution in [0, 0.1) is 5.92 Å². The molecule has 31 heavy (non-hydrogen) atoms. The molecule has 4 amide bonds. The van der Waals surface area contributed by atoms with Crippen LogP contribution in [0.4, 0.5) is 0 Å². The van der Waals surface area contributed by atoms with E-state index in [1.807, 2.05) is 6.92 Å². The second kappa shape index (κ2) is 13.2. The van der Waals surface area contributed by atoms with Gasteiger partial charge in [-0.3, -0.25) is 19.2 Å². The van der Waals surface area contributed by atoms with Crippen molar-refractivity contribution in [1.82, 2.24) is 21.3 Å². The highest BCUT2D eigenvalue weighted by molar-refractivity contribution is 7.80. The van der Waals surface area contributed by atoms with Crippen LogP contribution >= 0.6 is 12.6 Å². The largest absolute Gasteiger partial charge is 0.480 e. The van der Waals surface area contributed by atoms with E-state index in [4.69, 9.17) is 10.8 Å². The Hall–Kier alpha value is -2.34. The van der Waals surface area contributed by atoms with E-state index in [0.29, 0.717) is 12.8 Å². The third-order valence-corrected chi connectivity index (χ3v) is 5.64. The second-order valence-corrected chi connectivity index (χ2v) is 8.03. The Morgan fingerprint density at radius 3 is 2.26 bits per heavy atom. The van der Waals surface area contributed by atoms with E-state index in [0.717, 1.165) is 13.0 Å². The van der Waals surface area contributed by atoms with Gasteiger partial charge < -0.3 is 32.1 Å². The quantitative estimate of drug-likeness (QED) is 0.164. The van der Waals surface area contributed by atoms with Gasteiger partial charge in [-0.15, -0.1) is 0 Å². The van der Waals surface area contributed by atoms with E-state index >= 15 is 0 Å². The number of amides is 4. The number of hydrogen-bond acceptors (Lipinski definition) is 7. The van der Waals surface area contributed by atoms with Crippen molar-refractivity contribution < 1.29 is 29.1 Å². The third-order valence-electron chi connectivity index (χ3n) is 5.28. The van der Waals surface area contributed by atoms with Crippen molar-refractivity contribution in [1.29, 1.82) is 0 Å². The van der Waals surface area contributed by atoms with Crippen LogP contribution in [0.2, 0.25) is 0 Å². The lowest BCUT2D eigenvalue weighted by Crippen LogP contribution is -2.58. The first-order valence-corrected chi connectivity index (χ1v) is 11.0. The van der Waals surface area contributed by atoms with Gasteiger partial charge in [-0.2, -0.15) is 12.6 Å². The number of carbonyl (C=O) groups is 5. The molecular weight excluding hydrogens is 426 g/mol. The molecule has 176 valence electrons. The van der Waals surface area contributed by atoms with E-state index in [1.165, 1.54) is 0 Å². The number of primary amides is 1. The molecule has 12 heteroatoms. The second-order valence-electron chi connectivity index (χ2n) is 7.67. The molecule has 1 rings (SSSR count). The van der Waals surface area contributed by atoms with Crippen molar-refractivity contribution >= 4 is 42.2 Å². The fraction of sp³-hybridized carbons (Fsp3) is 0.737. The number of carbonyl (C=O) groups excluding carboxylic acids is 4. The molecule has 0 spiro atoms. The third kappa shape index (κ3) is 8.74. The van der Waals surface area contributed by atoms with Gasteiger partial charge in [0, 0.05) is 12.2 Å². The molecule has 11 nitrogen and oxygen atoms in total. The summed E-state index contributed by atoms with van der Waals surface area (Å²) in [7, 11) is 0. The van der Waals surface area contributed by atoms with Gasteiger partial charge in [0.1, 0.15) is 18.1 Å². The van der Waals surface area contributed by atoms with Crippen molar-refractivity contribution in [3.05, 3.63) is 0 Å². The molecule has 1 fully saturated rings. The summed E-state index contributed by atoms with van der Waals surface area (Å²) in [6, 6.07) is -3.74. The summed E-state index contributed by atoms with van der Waals surface area (Å²) in [4.78, 5) is 60.4. The topological polar surface area (TPSA) is 180 Å². The summed E-state index contributed by atoms with van der Waals surface area (Å²) in [5.74, 6) is -4.00. The fourth-order valence-electron chi connectivity index (χ4n) is 3.14. The zero-order valence-corrected chi connectivity index (χ0v) is 18.7. The monoisotopic (exact) mass is 459 g/mol. The predicted octanol–water partition coefficient (Wildman–Crippen LogP) is -1.48. The van der Waals surface area contributed by atoms with Crippen molar-refractivity contribution in [2.45, 2.75) is 70.1 Å². The molecular formula is C19H33N5O6S. The van der Waals surface area contributed by atoms with Crippen LogP contribution in [0.25, 0.3) is 0 Å². The number of thiol groups is 1.